The number of para-hydroxylation sites is 1. The van der Waals surface area contributed by atoms with Gasteiger partial charge in [0.25, 0.3) is 0 Å². The average molecular weight is 698 g/mol. The van der Waals surface area contributed by atoms with E-state index in [9.17, 15) is 0 Å². The highest BCUT2D eigenvalue weighted by Gasteiger charge is 2.35. The largest absolute Gasteiger partial charge is 0.310 e. The van der Waals surface area contributed by atoms with Crippen LogP contribution in [0.3, 0.4) is 0 Å². The first-order chi connectivity index (χ1) is 25.5. The first-order valence-electron chi connectivity index (χ1n) is 18.0. The van der Waals surface area contributed by atoms with Crippen LogP contribution in [0.4, 0.5) is 17.1 Å². The van der Waals surface area contributed by atoms with E-state index >= 15 is 0 Å². The third kappa shape index (κ3) is 3.72. The molecule has 0 saturated heterocycles. The van der Waals surface area contributed by atoms with Crippen LogP contribution in [0, 0.1) is 0 Å². The van der Waals surface area contributed by atoms with E-state index in [1.807, 2.05) is 22.7 Å². The number of benzene rings is 8. The monoisotopic (exact) mass is 697 g/mol. The fourth-order valence-corrected chi connectivity index (χ4v) is 11.8. The second-order valence-electron chi connectivity index (χ2n) is 14.8. The Kier molecular flexibility index (Phi) is 5.67. The van der Waals surface area contributed by atoms with Crippen molar-refractivity contribution in [3.63, 3.8) is 0 Å². The Morgan fingerprint density at radius 2 is 0.981 bits per heavy atom. The van der Waals surface area contributed by atoms with E-state index in [0.29, 0.717) is 0 Å². The first kappa shape index (κ1) is 28.9. The van der Waals surface area contributed by atoms with Crippen molar-refractivity contribution in [2.75, 3.05) is 4.90 Å². The molecule has 0 radical (unpaired) electrons. The Morgan fingerprint density at radius 3 is 1.75 bits per heavy atom. The number of anilines is 3. The summed E-state index contributed by atoms with van der Waals surface area (Å²) in [4.78, 5) is 2.41. The molecular weight excluding hydrogens is 667 g/mol. The van der Waals surface area contributed by atoms with Gasteiger partial charge in [0.1, 0.15) is 0 Å². The maximum absolute atomic E-state index is 2.46. The minimum absolute atomic E-state index is 0.0668. The zero-order chi connectivity index (χ0) is 34.3. The lowest BCUT2D eigenvalue weighted by atomic mass is 9.82. The predicted molar refractivity (Wildman–Crippen MR) is 226 cm³/mol. The summed E-state index contributed by atoms with van der Waals surface area (Å²) in [5.41, 5.74) is 14.1. The van der Waals surface area contributed by atoms with Crippen molar-refractivity contribution in [3.05, 3.63) is 163 Å². The van der Waals surface area contributed by atoms with Gasteiger partial charge in [-0.3, -0.25) is 0 Å². The molecule has 0 spiro atoms. The number of rotatable bonds is 4. The molecule has 0 bridgehead atoms. The van der Waals surface area contributed by atoms with Crippen molar-refractivity contribution < 1.29 is 0 Å². The normalized spacial score (nSPS) is 13.7. The van der Waals surface area contributed by atoms with E-state index in [1.165, 1.54) is 101 Å². The van der Waals surface area contributed by atoms with Crippen molar-refractivity contribution >= 4 is 90.9 Å². The quantitative estimate of drug-likeness (QED) is 0.177. The number of nitrogens with zero attached hydrogens (tertiary/aromatic N) is 1. The lowest BCUT2D eigenvalue weighted by Crippen LogP contribution is -2.16. The number of thiophene rings is 2. The van der Waals surface area contributed by atoms with Gasteiger partial charge in [0.2, 0.25) is 0 Å². The van der Waals surface area contributed by atoms with Crippen molar-refractivity contribution in [2.45, 2.75) is 19.3 Å². The SMILES string of the molecule is CC1(C)c2ccccc2-c2ccc(N(c3ccccc3)c3ccc(-c4cc5sc6cccc7c6c5c5c4ccc4sc6cccc-7c6c45)cc3)cc21. The van der Waals surface area contributed by atoms with Crippen LogP contribution in [0.1, 0.15) is 25.0 Å². The molecule has 0 fully saturated rings. The van der Waals surface area contributed by atoms with Crippen LogP contribution in [0.5, 0.6) is 0 Å². The van der Waals surface area contributed by atoms with Crippen LogP contribution >= 0.6 is 22.7 Å². The van der Waals surface area contributed by atoms with Crippen molar-refractivity contribution in [1.29, 1.82) is 0 Å². The molecule has 0 N–H and O–H groups in total. The van der Waals surface area contributed by atoms with Crippen molar-refractivity contribution in [1.82, 2.24) is 0 Å². The Morgan fingerprint density at radius 1 is 0.385 bits per heavy atom. The molecule has 0 amide bonds. The van der Waals surface area contributed by atoms with Gasteiger partial charge in [-0.05, 0) is 111 Å². The Hall–Kier alpha value is -5.74. The van der Waals surface area contributed by atoms with Gasteiger partial charge in [-0.1, -0.05) is 105 Å². The van der Waals surface area contributed by atoms with Crippen LogP contribution in [-0.4, -0.2) is 0 Å². The number of fused-ring (bicyclic) bond motifs is 4. The van der Waals surface area contributed by atoms with Gasteiger partial charge < -0.3 is 4.90 Å². The summed E-state index contributed by atoms with van der Waals surface area (Å²) >= 11 is 3.86. The van der Waals surface area contributed by atoms with Crippen LogP contribution in [0.15, 0.2) is 152 Å². The summed E-state index contributed by atoms with van der Waals surface area (Å²) < 4.78 is 5.47. The summed E-state index contributed by atoms with van der Waals surface area (Å²) in [6, 6.07) is 56.9. The van der Waals surface area contributed by atoms with Crippen LogP contribution in [-0.2, 0) is 5.41 Å². The van der Waals surface area contributed by atoms with Gasteiger partial charge in [0, 0.05) is 68.2 Å². The van der Waals surface area contributed by atoms with Gasteiger partial charge in [-0.2, -0.15) is 0 Å². The summed E-state index contributed by atoms with van der Waals surface area (Å²) in [6.45, 7) is 4.71. The van der Waals surface area contributed by atoms with Crippen molar-refractivity contribution in [2.24, 2.45) is 0 Å². The third-order valence-electron chi connectivity index (χ3n) is 11.8. The Bertz CT molecular complexity index is 3120. The van der Waals surface area contributed by atoms with E-state index in [1.54, 1.807) is 0 Å². The Balaban J connectivity index is 1.06. The second kappa shape index (κ2) is 10.2. The highest BCUT2D eigenvalue weighted by molar-refractivity contribution is 7.27. The minimum atomic E-state index is -0.0668. The molecule has 8 aromatic carbocycles. The molecule has 12 rings (SSSR count). The standard InChI is InChI=1S/C49H31NS2/c1-49(2)38-15-7-6-12-32(38)33-23-22-31(26-39(33)49)50(29-10-4-3-5-11-29)30-20-18-28(19-21-30)37-27-43-48-45-35(14-9-17-41(45)52-43)34-13-8-16-40-44(34)47-42(51-40)25-24-36(37)46(47)48/h3-27H,1-2H3. The lowest BCUT2D eigenvalue weighted by molar-refractivity contribution is 0.660. The molecule has 1 nitrogen and oxygen atoms in total. The molecule has 2 aliphatic carbocycles. The topological polar surface area (TPSA) is 3.24 Å². The highest BCUT2D eigenvalue weighted by atomic mass is 32.1. The van der Waals surface area contributed by atoms with Gasteiger partial charge in [-0.15, -0.1) is 22.7 Å². The fraction of sp³-hybridized carbons (Fsp3) is 0.0612. The molecule has 244 valence electrons. The molecule has 2 heterocycles. The van der Waals surface area contributed by atoms with E-state index in [2.05, 4.69) is 170 Å². The second-order valence-corrected chi connectivity index (χ2v) is 17.0. The minimum Gasteiger partial charge on any atom is -0.310 e. The highest BCUT2D eigenvalue weighted by Crippen LogP contribution is 2.55. The molecule has 10 aromatic rings. The summed E-state index contributed by atoms with van der Waals surface area (Å²) in [5, 5.41) is 8.41. The predicted octanol–water partition coefficient (Wildman–Crippen LogP) is 15.0. The molecule has 0 saturated carbocycles. The zero-order valence-corrected chi connectivity index (χ0v) is 30.3. The fourth-order valence-electron chi connectivity index (χ4n) is 9.45. The lowest BCUT2D eigenvalue weighted by Gasteiger charge is -2.28. The maximum atomic E-state index is 2.46. The molecule has 52 heavy (non-hydrogen) atoms. The van der Waals surface area contributed by atoms with E-state index < -0.39 is 0 Å². The summed E-state index contributed by atoms with van der Waals surface area (Å²) in [5.74, 6) is 0. The van der Waals surface area contributed by atoms with Crippen LogP contribution in [0.25, 0.3) is 84.5 Å². The van der Waals surface area contributed by atoms with Gasteiger partial charge in [0.05, 0.1) is 0 Å². The van der Waals surface area contributed by atoms with Crippen molar-refractivity contribution in [3.8, 4) is 33.4 Å². The molecule has 0 unspecified atom stereocenters. The van der Waals surface area contributed by atoms with Gasteiger partial charge >= 0.3 is 0 Å². The molecule has 0 aliphatic heterocycles. The van der Waals surface area contributed by atoms with Crippen LogP contribution < -0.4 is 4.90 Å². The number of hydrogen-bond acceptors (Lipinski definition) is 3. The molecule has 3 heteroatoms. The molecule has 2 aromatic heterocycles. The summed E-state index contributed by atoms with van der Waals surface area (Å²) in [6.07, 6.45) is 0. The van der Waals surface area contributed by atoms with Crippen LogP contribution in [0.2, 0.25) is 0 Å². The van der Waals surface area contributed by atoms with E-state index in [0.717, 1.165) is 11.4 Å². The average Bonchev–Trinajstić information content (AvgIpc) is 3.80. The number of hydrogen-bond donors (Lipinski definition) is 0. The molecule has 2 aliphatic rings. The van der Waals surface area contributed by atoms with E-state index in [4.69, 9.17) is 0 Å². The summed E-state index contributed by atoms with van der Waals surface area (Å²) in [7, 11) is 0. The Labute approximate surface area is 309 Å². The van der Waals surface area contributed by atoms with Gasteiger partial charge in [-0.25, -0.2) is 0 Å². The van der Waals surface area contributed by atoms with E-state index in [-0.39, 0.29) is 5.41 Å². The zero-order valence-electron chi connectivity index (χ0n) is 28.7. The molecule has 0 atom stereocenters. The first-order valence-corrected chi connectivity index (χ1v) is 19.6. The smallest absolute Gasteiger partial charge is 0.0465 e. The molecular formula is C49H31NS2. The maximum Gasteiger partial charge on any atom is 0.0465 e. The third-order valence-corrected chi connectivity index (χ3v) is 14.0. The van der Waals surface area contributed by atoms with Gasteiger partial charge in [0.15, 0.2) is 0 Å².